The van der Waals surface area contributed by atoms with E-state index >= 15 is 0 Å². The highest BCUT2D eigenvalue weighted by molar-refractivity contribution is 5.81. The number of carboxylic acids is 1. The van der Waals surface area contributed by atoms with Crippen molar-refractivity contribution in [3.8, 4) is 0 Å². The van der Waals surface area contributed by atoms with Crippen LogP contribution in [0.3, 0.4) is 0 Å². The molecular formula is C19H32N2O4. The molecule has 1 saturated carbocycles. The normalized spacial score (nSPS) is 30.6. The van der Waals surface area contributed by atoms with Crippen LogP contribution in [-0.2, 0) is 14.3 Å². The van der Waals surface area contributed by atoms with E-state index in [-0.39, 0.29) is 11.8 Å². The summed E-state index contributed by atoms with van der Waals surface area (Å²) in [6.45, 7) is 3.91. The van der Waals surface area contributed by atoms with Gasteiger partial charge in [-0.15, -0.1) is 0 Å². The van der Waals surface area contributed by atoms with Crippen molar-refractivity contribution in [1.82, 2.24) is 9.80 Å². The van der Waals surface area contributed by atoms with Gasteiger partial charge in [0, 0.05) is 58.8 Å². The number of carbonyl (C=O) groups excluding carboxylic acids is 1. The zero-order valence-corrected chi connectivity index (χ0v) is 15.4. The maximum atomic E-state index is 12.7. The van der Waals surface area contributed by atoms with Crippen LogP contribution in [0.25, 0.3) is 0 Å². The summed E-state index contributed by atoms with van der Waals surface area (Å²) in [5.74, 6) is 0.00317. The number of carboxylic acid groups (broad SMARTS) is 1. The van der Waals surface area contributed by atoms with Gasteiger partial charge < -0.3 is 19.6 Å². The first-order valence-electron chi connectivity index (χ1n) is 9.77. The highest BCUT2D eigenvalue weighted by atomic mass is 16.5. The molecule has 1 N–H and O–H groups in total. The van der Waals surface area contributed by atoms with Crippen molar-refractivity contribution in [3.63, 3.8) is 0 Å². The fourth-order valence-electron chi connectivity index (χ4n) is 5.03. The Morgan fingerprint density at radius 2 is 1.92 bits per heavy atom. The van der Waals surface area contributed by atoms with Crippen molar-refractivity contribution in [2.24, 2.45) is 17.3 Å². The van der Waals surface area contributed by atoms with Crippen LogP contribution in [0.4, 0.5) is 0 Å². The average molecular weight is 352 g/mol. The molecule has 3 rings (SSSR count). The molecule has 3 aliphatic rings. The molecule has 6 heteroatoms. The molecule has 2 heterocycles. The summed E-state index contributed by atoms with van der Waals surface area (Å²) < 4.78 is 5.09. The minimum absolute atomic E-state index is 0.0582. The summed E-state index contributed by atoms with van der Waals surface area (Å²) in [6.07, 6.45) is 7.59. The number of aliphatic carboxylic acids is 1. The Kier molecular flexibility index (Phi) is 6.00. The number of likely N-dealkylation sites (tertiary alicyclic amines) is 2. The van der Waals surface area contributed by atoms with Gasteiger partial charge in [-0.1, -0.05) is 19.3 Å². The van der Waals surface area contributed by atoms with Gasteiger partial charge in [-0.3, -0.25) is 9.59 Å². The average Bonchev–Trinajstić information content (AvgIpc) is 3.11. The molecule has 0 radical (unpaired) electrons. The summed E-state index contributed by atoms with van der Waals surface area (Å²) in [5, 5.41) is 9.90. The zero-order valence-electron chi connectivity index (χ0n) is 15.4. The molecule has 0 bridgehead atoms. The molecule has 1 unspecified atom stereocenters. The summed E-state index contributed by atoms with van der Waals surface area (Å²) in [5.41, 5.74) is -0.769. The molecule has 6 nitrogen and oxygen atoms in total. The summed E-state index contributed by atoms with van der Waals surface area (Å²) in [4.78, 5) is 28.8. The fraction of sp³-hybridized carbons (Fsp3) is 0.895. The fourth-order valence-corrected chi connectivity index (χ4v) is 5.03. The van der Waals surface area contributed by atoms with Gasteiger partial charge in [-0.05, 0) is 25.2 Å². The van der Waals surface area contributed by atoms with Crippen LogP contribution in [0.1, 0.15) is 44.9 Å². The first-order chi connectivity index (χ1) is 12.0. The Balaban J connectivity index is 1.57. The summed E-state index contributed by atoms with van der Waals surface area (Å²) in [6, 6.07) is 0. The molecule has 2 atom stereocenters. The Morgan fingerprint density at radius 3 is 2.56 bits per heavy atom. The summed E-state index contributed by atoms with van der Waals surface area (Å²) in [7, 11) is 1.69. The largest absolute Gasteiger partial charge is 0.481 e. The minimum Gasteiger partial charge on any atom is -0.481 e. The molecule has 25 heavy (non-hydrogen) atoms. The number of hydrogen-bond acceptors (Lipinski definition) is 4. The van der Waals surface area contributed by atoms with Crippen molar-refractivity contribution < 1.29 is 19.4 Å². The highest BCUT2D eigenvalue weighted by Gasteiger charge is 2.58. The standard InChI is InChI=1S/C19H32N2O4/c1-25-9-5-8-20-11-16-12-21(14-19(16,13-20)18(23)24)17(22)10-15-6-3-2-4-7-15/h15-16H,2-14H2,1H3,(H,23,24)/t16?,19-/m1/s1. The van der Waals surface area contributed by atoms with E-state index < -0.39 is 11.4 Å². The first kappa shape index (κ1) is 18.6. The monoisotopic (exact) mass is 352 g/mol. The van der Waals surface area contributed by atoms with E-state index in [0.717, 1.165) is 32.4 Å². The van der Waals surface area contributed by atoms with Gasteiger partial charge in [0.25, 0.3) is 0 Å². The topological polar surface area (TPSA) is 70.1 Å². The van der Waals surface area contributed by atoms with E-state index in [2.05, 4.69) is 4.90 Å². The number of amides is 1. The number of rotatable bonds is 7. The van der Waals surface area contributed by atoms with Crippen molar-refractivity contribution >= 4 is 11.9 Å². The summed E-state index contributed by atoms with van der Waals surface area (Å²) >= 11 is 0. The van der Waals surface area contributed by atoms with Crippen LogP contribution in [0.2, 0.25) is 0 Å². The predicted molar refractivity (Wildman–Crippen MR) is 94.3 cm³/mol. The molecule has 2 saturated heterocycles. The smallest absolute Gasteiger partial charge is 0.313 e. The molecule has 0 aromatic carbocycles. The van der Waals surface area contributed by atoms with E-state index in [1.54, 1.807) is 7.11 Å². The molecule has 1 aliphatic carbocycles. The quantitative estimate of drug-likeness (QED) is 0.708. The molecule has 0 aromatic heterocycles. The van der Waals surface area contributed by atoms with Crippen molar-refractivity contribution in [2.75, 3.05) is 46.4 Å². The lowest BCUT2D eigenvalue weighted by Crippen LogP contribution is -2.42. The van der Waals surface area contributed by atoms with Crippen molar-refractivity contribution in [1.29, 1.82) is 0 Å². The first-order valence-corrected chi connectivity index (χ1v) is 9.77. The van der Waals surface area contributed by atoms with Crippen LogP contribution in [0.15, 0.2) is 0 Å². The Labute approximate surface area is 150 Å². The van der Waals surface area contributed by atoms with Gasteiger partial charge in [0.05, 0.1) is 0 Å². The third-order valence-corrected chi connectivity index (χ3v) is 6.47. The van der Waals surface area contributed by atoms with Crippen LogP contribution >= 0.6 is 0 Å². The Hall–Kier alpha value is -1.14. The van der Waals surface area contributed by atoms with E-state index in [9.17, 15) is 14.7 Å². The van der Waals surface area contributed by atoms with E-state index in [1.807, 2.05) is 4.90 Å². The lowest BCUT2D eigenvalue weighted by atomic mass is 9.81. The van der Waals surface area contributed by atoms with Gasteiger partial charge in [-0.25, -0.2) is 0 Å². The lowest BCUT2D eigenvalue weighted by Gasteiger charge is -2.27. The minimum atomic E-state index is -0.769. The number of nitrogens with zero attached hydrogens (tertiary/aromatic N) is 2. The van der Waals surface area contributed by atoms with Gasteiger partial charge >= 0.3 is 5.97 Å². The SMILES string of the molecule is COCCCN1CC2CN(C(=O)CC3CCCCC3)C[C@]2(C(=O)O)C1. The lowest BCUT2D eigenvalue weighted by molar-refractivity contribution is -0.149. The molecule has 142 valence electrons. The Morgan fingerprint density at radius 1 is 1.16 bits per heavy atom. The Bertz CT molecular complexity index is 492. The zero-order chi connectivity index (χ0) is 17.9. The molecule has 1 amide bonds. The van der Waals surface area contributed by atoms with E-state index in [4.69, 9.17) is 4.74 Å². The van der Waals surface area contributed by atoms with Crippen LogP contribution in [-0.4, -0.2) is 73.2 Å². The highest BCUT2D eigenvalue weighted by Crippen LogP contribution is 2.43. The van der Waals surface area contributed by atoms with Gasteiger partial charge in [-0.2, -0.15) is 0 Å². The van der Waals surface area contributed by atoms with Crippen LogP contribution in [0, 0.1) is 17.3 Å². The van der Waals surface area contributed by atoms with Gasteiger partial charge in [0.2, 0.25) is 5.91 Å². The number of carbonyl (C=O) groups is 2. The van der Waals surface area contributed by atoms with Crippen LogP contribution < -0.4 is 0 Å². The number of methoxy groups -OCH3 is 1. The van der Waals surface area contributed by atoms with E-state index in [0.29, 0.717) is 38.6 Å². The second-order valence-corrected chi connectivity index (χ2v) is 8.22. The van der Waals surface area contributed by atoms with Gasteiger partial charge in [0.15, 0.2) is 0 Å². The maximum absolute atomic E-state index is 12.7. The molecule has 2 aliphatic heterocycles. The van der Waals surface area contributed by atoms with Crippen molar-refractivity contribution in [2.45, 2.75) is 44.9 Å². The van der Waals surface area contributed by atoms with Crippen molar-refractivity contribution in [3.05, 3.63) is 0 Å². The molecule has 3 fully saturated rings. The predicted octanol–water partition coefficient (Wildman–Crippen LogP) is 1.84. The second-order valence-electron chi connectivity index (χ2n) is 8.22. The van der Waals surface area contributed by atoms with Crippen LogP contribution in [0.5, 0.6) is 0 Å². The third kappa shape index (κ3) is 4.00. The number of fused-ring (bicyclic) bond motifs is 1. The maximum Gasteiger partial charge on any atom is 0.313 e. The van der Waals surface area contributed by atoms with Gasteiger partial charge in [0.1, 0.15) is 5.41 Å². The number of ether oxygens (including phenoxy) is 1. The molecule has 0 spiro atoms. The third-order valence-electron chi connectivity index (χ3n) is 6.47. The number of hydrogen-bond donors (Lipinski definition) is 1. The second kappa shape index (κ2) is 8.04. The molecular weight excluding hydrogens is 320 g/mol. The molecule has 0 aromatic rings. The van der Waals surface area contributed by atoms with E-state index in [1.165, 1.54) is 19.3 Å².